The van der Waals surface area contributed by atoms with Crippen molar-refractivity contribution >= 4 is 57.6 Å². The predicted molar refractivity (Wildman–Crippen MR) is 121 cm³/mol. The van der Waals surface area contributed by atoms with E-state index >= 15 is 0 Å². The number of hydrogen-bond donors (Lipinski definition) is 1. The molecule has 1 amide bonds. The first-order chi connectivity index (χ1) is 14.4. The van der Waals surface area contributed by atoms with Gasteiger partial charge in [-0.1, -0.05) is 35.0 Å². The Kier molecular flexibility index (Phi) is 6.04. The van der Waals surface area contributed by atoms with Crippen LogP contribution in [0.5, 0.6) is 0 Å². The minimum absolute atomic E-state index is 0.177. The van der Waals surface area contributed by atoms with E-state index in [1.165, 1.54) is 18.1 Å². The molecule has 9 heteroatoms. The van der Waals surface area contributed by atoms with Gasteiger partial charge in [-0.3, -0.25) is 4.79 Å². The van der Waals surface area contributed by atoms with Gasteiger partial charge in [0.2, 0.25) is 5.91 Å². The van der Waals surface area contributed by atoms with E-state index in [2.05, 4.69) is 19.9 Å². The Morgan fingerprint density at radius 1 is 1.23 bits per heavy atom. The topological polar surface area (TPSA) is 73.0 Å². The lowest BCUT2D eigenvalue weighted by atomic mass is 10.2. The SMILES string of the molecule is Cc1c(C)n(Cc2ccco2)c2ncnc(SCC(=O)Nc3cc(Cl)ccc3Cl)c12. The van der Waals surface area contributed by atoms with Crippen LogP contribution in [0.3, 0.4) is 0 Å². The van der Waals surface area contributed by atoms with Crippen molar-refractivity contribution in [3.05, 3.63) is 70.0 Å². The molecule has 0 radical (unpaired) electrons. The summed E-state index contributed by atoms with van der Waals surface area (Å²) in [7, 11) is 0. The number of hydrogen-bond acceptors (Lipinski definition) is 5. The zero-order valence-corrected chi connectivity index (χ0v) is 18.6. The number of fused-ring (bicyclic) bond motifs is 1. The van der Waals surface area contributed by atoms with Gasteiger partial charge in [0.15, 0.2) is 0 Å². The highest BCUT2D eigenvalue weighted by Crippen LogP contribution is 2.32. The summed E-state index contributed by atoms with van der Waals surface area (Å²) in [6.07, 6.45) is 3.18. The molecule has 0 aliphatic carbocycles. The lowest BCUT2D eigenvalue weighted by Crippen LogP contribution is -2.14. The maximum Gasteiger partial charge on any atom is 0.234 e. The highest BCUT2D eigenvalue weighted by Gasteiger charge is 2.18. The average Bonchev–Trinajstić information content (AvgIpc) is 3.32. The van der Waals surface area contributed by atoms with Crippen LogP contribution >= 0.6 is 35.0 Å². The highest BCUT2D eigenvalue weighted by molar-refractivity contribution is 8.00. The Morgan fingerprint density at radius 2 is 2.07 bits per heavy atom. The molecule has 6 nitrogen and oxygen atoms in total. The van der Waals surface area contributed by atoms with Crippen molar-refractivity contribution < 1.29 is 9.21 Å². The number of amides is 1. The molecular formula is C21H18Cl2N4O2S. The third-order valence-corrected chi connectivity index (χ3v) is 6.36. The van der Waals surface area contributed by atoms with Gasteiger partial charge in [-0.25, -0.2) is 9.97 Å². The fourth-order valence-electron chi connectivity index (χ4n) is 3.21. The summed E-state index contributed by atoms with van der Waals surface area (Å²) in [5.74, 6) is 0.831. The minimum atomic E-state index is -0.194. The number of carbonyl (C=O) groups is 1. The van der Waals surface area contributed by atoms with Gasteiger partial charge in [0, 0.05) is 10.7 Å². The first-order valence-corrected chi connectivity index (χ1v) is 10.9. The van der Waals surface area contributed by atoms with Crippen LogP contribution in [0.1, 0.15) is 17.0 Å². The number of rotatable bonds is 6. The number of nitrogens with zero attached hydrogens (tertiary/aromatic N) is 3. The molecule has 0 aliphatic heterocycles. The van der Waals surface area contributed by atoms with Crippen LogP contribution in [0.2, 0.25) is 10.0 Å². The summed E-state index contributed by atoms with van der Waals surface area (Å²) in [5, 5.41) is 5.43. The number of carbonyl (C=O) groups excluding carboxylic acids is 1. The number of nitrogens with one attached hydrogen (secondary N) is 1. The molecule has 4 aromatic rings. The van der Waals surface area contributed by atoms with Crippen LogP contribution in [0.15, 0.2) is 52.4 Å². The summed E-state index contributed by atoms with van der Waals surface area (Å²) in [4.78, 5) is 21.4. The molecule has 0 atom stereocenters. The average molecular weight is 461 g/mol. The highest BCUT2D eigenvalue weighted by atomic mass is 35.5. The molecule has 0 saturated heterocycles. The van der Waals surface area contributed by atoms with Crippen molar-refractivity contribution in [2.24, 2.45) is 0 Å². The van der Waals surface area contributed by atoms with Gasteiger partial charge < -0.3 is 14.3 Å². The summed E-state index contributed by atoms with van der Waals surface area (Å²) in [5.41, 5.74) is 3.47. The van der Waals surface area contributed by atoms with Gasteiger partial charge >= 0.3 is 0 Å². The lowest BCUT2D eigenvalue weighted by molar-refractivity contribution is -0.113. The molecule has 1 aromatic carbocycles. The molecule has 4 rings (SSSR count). The molecule has 0 unspecified atom stereocenters. The van der Waals surface area contributed by atoms with Gasteiger partial charge in [0.05, 0.1) is 34.7 Å². The minimum Gasteiger partial charge on any atom is -0.467 e. The van der Waals surface area contributed by atoms with E-state index in [9.17, 15) is 4.79 Å². The van der Waals surface area contributed by atoms with Crippen LogP contribution < -0.4 is 5.32 Å². The van der Waals surface area contributed by atoms with E-state index in [-0.39, 0.29) is 11.7 Å². The third-order valence-electron chi connectivity index (χ3n) is 4.81. The standard InChI is InChI=1S/C21H18Cl2N4O2S/c1-12-13(2)27(9-15-4-3-7-29-15)20-19(12)21(25-11-24-20)30-10-18(28)26-17-8-14(22)5-6-16(17)23/h3-8,11H,9-10H2,1-2H3,(H,26,28). The molecule has 3 aromatic heterocycles. The van der Waals surface area contributed by atoms with E-state index in [1.807, 2.05) is 26.0 Å². The molecule has 0 spiro atoms. The van der Waals surface area contributed by atoms with Crippen molar-refractivity contribution in [1.82, 2.24) is 14.5 Å². The maximum absolute atomic E-state index is 12.5. The van der Waals surface area contributed by atoms with Gasteiger partial charge in [-0.2, -0.15) is 0 Å². The van der Waals surface area contributed by atoms with Crippen molar-refractivity contribution in [2.45, 2.75) is 25.4 Å². The zero-order chi connectivity index (χ0) is 21.3. The molecule has 3 heterocycles. The van der Waals surface area contributed by atoms with Gasteiger partial charge in [0.25, 0.3) is 0 Å². The number of aromatic nitrogens is 3. The summed E-state index contributed by atoms with van der Waals surface area (Å²) in [6, 6.07) is 8.74. The summed E-state index contributed by atoms with van der Waals surface area (Å²) in [6.45, 7) is 4.66. The predicted octanol–water partition coefficient (Wildman–Crippen LogP) is 5.73. The molecule has 1 N–H and O–H groups in total. The fraction of sp³-hybridized carbons (Fsp3) is 0.190. The number of aryl methyl sites for hydroxylation is 1. The number of furan rings is 1. The van der Waals surface area contributed by atoms with Crippen LogP contribution in [-0.4, -0.2) is 26.2 Å². The number of halogens is 2. The van der Waals surface area contributed by atoms with Crippen molar-refractivity contribution in [3.8, 4) is 0 Å². The number of thioether (sulfide) groups is 1. The molecule has 0 saturated carbocycles. The smallest absolute Gasteiger partial charge is 0.234 e. The maximum atomic E-state index is 12.5. The van der Waals surface area contributed by atoms with E-state index in [0.29, 0.717) is 22.3 Å². The van der Waals surface area contributed by atoms with Crippen LogP contribution in [0, 0.1) is 13.8 Å². The van der Waals surface area contributed by atoms with Crippen molar-refractivity contribution in [1.29, 1.82) is 0 Å². The summed E-state index contributed by atoms with van der Waals surface area (Å²) < 4.78 is 7.59. The van der Waals surface area contributed by atoms with Crippen molar-refractivity contribution in [3.63, 3.8) is 0 Å². The molecule has 0 fully saturated rings. The van der Waals surface area contributed by atoms with E-state index in [0.717, 1.165) is 33.1 Å². The molecule has 0 aliphatic rings. The number of anilines is 1. The second-order valence-corrected chi connectivity index (χ2v) is 8.52. The van der Waals surface area contributed by atoms with Crippen LogP contribution in [-0.2, 0) is 11.3 Å². The normalized spacial score (nSPS) is 11.2. The molecule has 30 heavy (non-hydrogen) atoms. The van der Waals surface area contributed by atoms with Gasteiger partial charge in [0.1, 0.15) is 22.8 Å². The second-order valence-electron chi connectivity index (χ2n) is 6.71. The van der Waals surface area contributed by atoms with Gasteiger partial charge in [-0.05, 0) is 49.7 Å². The van der Waals surface area contributed by atoms with Crippen LogP contribution in [0.25, 0.3) is 11.0 Å². The first-order valence-electron chi connectivity index (χ1n) is 9.14. The number of benzene rings is 1. The van der Waals surface area contributed by atoms with Crippen LogP contribution in [0.4, 0.5) is 5.69 Å². The zero-order valence-electron chi connectivity index (χ0n) is 16.3. The summed E-state index contributed by atoms with van der Waals surface area (Å²) >= 11 is 13.5. The first kappa shape index (κ1) is 20.8. The Bertz CT molecular complexity index is 1220. The van der Waals surface area contributed by atoms with Gasteiger partial charge in [-0.15, -0.1) is 0 Å². The Morgan fingerprint density at radius 3 is 2.83 bits per heavy atom. The van der Waals surface area contributed by atoms with Crippen molar-refractivity contribution in [2.75, 3.05) is 11.1 Å². The monoisotopic (exact) mass is 460 g/mol. The fourth-order valence-corrected chi connectivity index (χ4v) is 4.40. The third kappa shape index (κ3) is 4.19. The molecule has 0 bridgehead atoms. The van der Waals surface area contributed by atoms with E-state index in [4.69, 9.17) is 27.6 Å². The quantitative estimate of drug-likeness (QED) is 0.293. The Balaban J connectivity index is 1.56. The largest absolute Gasteiger partial charge is 0.467 e. The van der Waals surface area contributed by atoms with E-state index < -0.39 is 0 Å². The van der Waals surface area contributed by atoms with E-state index in [1.54, 1.807) is 24.5 Å². The Hall–Kier alpha value is -2.48. The Labute approximate surface area is 187 Å². The molecule has 154 valence electrons. The lowest BCUT2D eigenvalue weighted by Gasteiger charge is -2.08. The molecular weight excluding hydrogens is 443 g/mol. The second kappa shape index (κ2) is 8.71.